The van der Waals surface area contributed by atoms with Gasteiger partial charge in [-0.1, -0.05) is 25.5 Å². The highest BCUT2D eigenvalue weighted by molar-refractivity contribution is 5.67. The molecule has 3 aromatic carbocycles. The smallest absolute Gasteiger partial charge is 0.194 e. The molecule has 1 unspecified atom stereocenters. The van der Waals surface area contributed by atoms with Crippen LogP contribution in [0.2, 0.25) is 0 Å². The second-order valence-electron chi connectivity index (χ2n) is 7.98. The molecule has 0 spiro atoms. The van der Waals surface area contributed by atoms with Gasteiger partial charge >= 0.3 is 0 Å². The van der Waals surface area contributed by atoms with Gasteiger partial charge in [0.1, 0.15) is 17.5 Å². The van der Waals surface area contributed by atoms with Crippen molar-refractivity contribution >= 4 is 0 Å². The van der Waals surface area contributed by atoms with Crippen LogP contribution >= 0.6 is 0 Å². The van der Waals surface area contributed by atoms with E-state index >= 15 is 4.39 Å². The van der Waals surface area contributed by atoms with Crippen LogP contribution in [0.1, 0.15) is 47.9 Å². The lowest BCUT2D eigenvalue weighted by Gasteiger charge is -2.27. The summed E-state index contributed by atoms with van der Waals surface area (Å²) in [6.07, 6.45) is 2.60. The summed E-state index contributed by atoms with van der Waals surface area (Å²) in [5.74, 6) is -7.21. The maximum Gasteiger partial charge on any atom is 0.194 e. The molecule has 0 nitrogen and oxygen atoms in total. The standard InChI is InChI=1S/C25H20F6/c1-2-3-13-4-6-17(19(26)8-13)14-5-7-18-15(9-14)10-20(27)23(24(18)30)16-11-21(28)25(31)22(29)12-16/h4,6,8,10-12,14H,2-3,5,7,9H2,1H3. The first-order valence-electron chi connectivity index (χ1n) is 10.2. The number of hydrogen-bond donors (Lipinski definition) is 0. The van der Waals surface area contributed by atoms with Crippen molar-refractivity contribution in [1.29, 1.82) is 0 Å². The number of benzene rings is 3. The van der Waals surface area contributed by atoms with Crippen LogP contribution in [0.4, 0.5) is 26.3 Å². The first kappa shape index (κ1) is 21.5. The fourth-order valence-electron chi connectivity index (χ4n) is 4.42. The minimum absolute atomic E-state index is 0.224. The van der Waals surface area contributed by atoms with Crippen LogP contribution in [0.5, 0.6) is 0 Å². The molecule has 0 heterocycles. The van der Waals surface area contributed by atoms with Crippen molar-refractivity contribution in [1.82, 2.24) is 0 Å². The van der Waals surface area contributed by atoms with E-state index in [-0.39, 0.29) is 30.1 Å². The Hall–Kier alpha value is -2.76. The average Bonchev–Trinajstić information content (AvgIpc) is 2.72. The molecule has 0 fully saturated rings. The summed E-state index contributed by atoms with van der Waals surface area (Å²) in [5, 5.41) is 0. The zero-order chi connectivity index (χ0) is 22.3. The van der Waals surface area contributed by atoms with Gasteiger partial charge in [0.2, 0.25) is 0 Å². The zero-order valence-corrected chi connectivity index (χ0v) is 16.8. The average molecular weight is 434 g/mol. The van der Waals surface area contributed by atoms with Crippen molar-refractivity contribution in [3.8, 4) is 11.1 Å². The molecule has 1 aliphatic rings. The summed E-state index contributed by atoms with van der Waals surface area (Å²) in [6, 6.07) is 7.40. The predicted octanol–water partition coefficient (Wildman–Crippen LogP) is 7.41. The number of fused-ring (bicyclic) bond motifs is 1. The van der Waals surface area contributed by atoms with Crippen molar-refractivity contribution in [2.75, 3.05) is 0 Å². The summed E-state index contributed by atoms with van der Waals surface area (Å²) in [4.78, 5) is 0. The molecule has 3 aromatic rings. The van der Waals surface area contributed by atoms with Gasteiger partial charge in [-0.15, -0.1) is 0 Å². The Morgan fingerprint density at radius 1 is 0.806 bits per heavy atom. The lowest BCUT2D eigenvalue weighted by atomic mass is 9.78. The third-order valence-electron chi connectivity index (χ3n) is 5.94. The first-order valence-corrected chi connectivity index (χ1v) is 10.2. The highest BCUT2D eigenvalue weighted by Gasteiger charge is 2.28. The predicted molar refractivity (Wildman–Crippen MR) is 107 cm³/mol. The van der Waals surface area contributed by atoms with Gasteiger partial charge in [0.25, 0.3) is 0 Å². The molecule has 0 bridgehead atoms. The third kappa shape index (κ3) is 3.95. The minimum atomic E-state index is -1.70. The molecular weight excluding hydrogens is 414 g/mol. The number of rotatable bonds is 4. The van der Waals surface area contributed by atoms with Gasteiger partial charge in [0.05, 0.1) is 5.56 Å². The summed E-state index contributed by atoms with van der Waals surface area (Å²) >= 11 is 0. The Bertz CT molecular complexity index is 1130. The molecule has 0 aliphatic heterocycles. The minimum Gasteiger partial charge on any atom is -0.207 e. The summed E-state index contributed by atoms with van der Waals surface area (Å²) < 4.78 is 85.0. The van der Waals surface area contributed by atoms with Crippen LogP contribution in [0.3, 0.4) is 0 Å². The van der Waals surface area contributed by atoms with E-state index in [1.807, 2.05) is 13.0 Å². The summed E-state index contributed by atoms with van der Waals surface area (Å²) in [5.41, 5.74) is 1.05. The Balaban J connectivity index is 1.70. The highest BCUT2D eigenvalue weighted by atomic mass is 19.2. The van der Waals surface area contributed by atoms with E-state index in [1.54, 1.807) is 6.07 Å². The summed E-state index contributed by atoms with van der Waals surface area (Å²) in [6.45, 7) is 2.01. The van der Waals surface area contributed by atoms with Crippen LogP contribution in [0.25, 0.3) is 11.1 Å². The van der Waals surface area contributed by atoms with E-state index in [1.165, 1.54) is 6.07 Å². The molecule has 1 aliphatic carbocycles. The van der Waals surface area contributed by atoms with Crippen molar-refractivity contribution in [2.45, 2.75) is 44.9 Å². The van der Waals surface area contributed by atoms with Gasteiger partial charge in [0.15, 0.2) is 17.5 Å². The molecule has 4 rings (SSSR count). The molecule has 6 heteroatoms. The Morgan fingerprint density at radius 2 is 1.52 bits per heavy atom. The molecule has 0 saturated carbocycles. The molecule has 162 valence electrons. The Kier molecular flexibility index (Phi) is 5.82. The van der Waals surface area contributed by atoms with E-state index in [0.717, 1.165) is 24.5 Å². The molecule has 31 heavy (non-hydrogen) atoms. The number of halogens is 6. The van der Waals surface area contributed by atoms with Gasteiger partial charge < -0.3 is 0 Å². The third-order valence-corrected chi connectivity index (χ3v) is 5.94. The second kappa shape index (κ2) is 8.40. The normalized spacial score (nSPS) is 15.8. The lowest BCUT2D eigenvalue weighted by Crippen LogP contribution is -2.17. The van der Waals surface area contributed by atoms with E-state index in [4.69, 9.17) is 0 Å². The largest absolute Gasteiger partial charge is 0.207 e. The van der Waals surface area contributed by atoms with Crippen LogP contribution in [-0.2, 0) is 19.3 Å². The van der Waals surface area contributed by atoms with Gasteiger partial charge in [0, 0.05) is 0 Å². The molecule has 0 saturated heterocycles. The number of aryl methyl sites for hydroxylation is 1. The lowest BCUT2D eigenvalue weighted by molar-refractivity contribution is 0.447. The van der Waals surface area contributed by atoms with Crippen LogP contribution < -0.4 is 0 Å². The van der Waals surface area contributed by atoms with E-state index < -0.39 is 40.2 Å². The Morgan fingerprint density at radius 3 is 2.16 bits per heavy atom. The van der Waals surface area contributed by atoms with E-state index in [9.17, 15) is 22.0 Å². The maximum absolute atomic E-state index is 15.2. The zero-order valence-electron chi connectivity index (χ0n) is 16.8. The molecule has 0 N–H and O–H groups in total. The van der Waals surface area contributed by atoms with Crippen LogP contribution in [0, 0.1) is 34.9 Å². The van der Waals surface area contributed by atoms with Crippen molar-refractivity contribution < 1.29 is 26.3 Å². The Labute approximate surface area is 176 Å². The van der Waals surface area contributed by atoms with Crippen molar-refractivity contribution in [3.05, 3.63) is 93.6 Å². The van der Waals surface area contributed by atoms with Gasteiger partial charge in [-0.2, -0.15) is 0 Å². The SMILES string of the molecule is CCCc1ccc(C2CCc3c(cc(F)c(-c4cc(F)c(F)c(F)c4)c3F)C2)c(F)c1. The molecule has 0 amide bonds. The number of hydrogen-bond acceptors (Lipinski definition) is 0. The molecule has 0 radical (unpaired) electrons. The van der Waals surface area contributed by atoms with Gasteiger partial charge in [-0.3, -0.25) is 0 Å². The quantitative estimate of drug-likeness (QED) is 0.296. The molecular formula is C25H20F6. The van der Waals surface area contributed by atoms with E-state index in [2.05, 4.69) is 0 Å². The first-order chi connectivity index (χ1) is 14.8. The monoisotopic (exact) mass is 434 g/mol. The topological polar surface area (TPSA) is 0 Å². The fraction of sp³-hybridized carbons (Fsp3) is 0.280. The van der Waals surface area contributed by atoms with Crippen molar-refractivity contribution in [3.63, 3.8) is 0 Å². The van der Waals surface area contributed by atoms with Crippen LogP contribution in [-0.4, -0.2) is 0 Å². The molecule has 0 aromatic heterocycles. The summed E-state index contributed by atoms with van der Waals surface area (Å²) in [7, 11) is 0. The van der Waals surface area contributed by atoms with Gasteiger partial charge in [-0.05, 0) is 83.7 Å². The van der Waals surface area contributed by atoms with Crippen molar-refractivity contribution in [2.24, 2.45) is 0 Å². The molecule has 1 atom stereocenters. The fourth-order valence-corrected chi connectivity index (χ4v) is 4.42. The maximum atomic E-state index is 15.2. The van der Waals surface area contributed by atoms with E-state index in [0.29, 0.717) is 29.7 Å². The van der Waals surface area contributed by atoms with Crippen LogP contribution in [0.15, 0.2) is 36.4 Å². The van der Waals surface area contributed by atoms with Gasteiger partial charge in [-0.25, -0.2) is 26.3 Å². The highest BCUT2D eigenvalue weighted by Crippen LogP contribution is 2.39. The second-order valence-corrected chi connectivity index (χ2v) is 7.98.